The number of rotatable bonds is 4. The minimum absolute atomic E-state index is 0.595. The molecule has 0 N–H and O–H groups in total. The Morgan fingerprint density at radius 3 is 1.83 bits per heavy atom. The van der Waals surface area contributed by atoms with Gasteiger partial charge in [-0.15, -0.1) is 11.3 Å². The van der Waals surface area contributed by atoms with Gasteiger partial charge < -0.3 is 0 Å². The fourth-order valence-corrected chi connectivity index (χ4v) is 10.4. The van der Waals surface area contributed by atoms with Gasteiger partial charge in [0.1, 0.15) is 0 Å². The summed E-state index contributed by atoms with van der Waals surface area (Å²) in [5, 5.41) is 2.61. The second kappa shape index (κ2) is 12.8. The van der Waals surface area contributed by atoms with Crippen molar-refractivity contribution in [2.24, 2.45) is 0 Å². The van der Waals surface area contributed by atoms with Gasteiger partial charge in [0.05, 0.1) is 5.41 Å². The first kappa shape index (κ1) is 32.9. The first-order valence-corrected chi connectivity index (χ1v) is 20.3. The Bertz CT molecular complexity index is 3280. The van der Waals surface area contributed by atoms with Crippen LogP contribution in [0.3, 0.4) is 0 Å². The summed E-state index contributed by atoms with van der Waals surface area (Å²) >= 11 is 1.87. The van der Waals surface area contributed by atoms with Gasteiger partial charge in [-0.2, -0.15) is 0 Å². The van der Waals surface area contributed by atoms with E-state index >= 15 is 0 Å². The van der Waals surface area contributed by atoms with Gasteiger partial charge in [-0.25, -0.2) is 15.0 Å². The van der Waals surface area contributed by atoms with Crippen molar-refractivity contribution in [2.45, 2.75) is 5.41 Å². The summed E-state index contributed by atoms with van der Waals surface area (Å²) in [6.07, 6.45) is 8.24. The predicted octanol–water partition coefficient (Wildman–Crippen LogP) is 13.1. The van der Waals surface area contributed by atoms with E-state index in [1.165, 1.54) is 64.7 Å². The van der Waals surface area contributed by atoms with Crippen molar-refractivity contribution in [3.63, 3.8) is 0 Å². The minimum Gasteiger partial charge on any atom is -0.264 e. The maximum atomic E-state index is 5.24. The third kappa shape index (κ3) is 4.93. The fraction of sp³-hybridized carbons (Fsp3) is 0.0189. The summed E-state index contributed by atoms with van der Waals surface area (Å²) in [7, 11) is 0. The lowest BCUT2D eigenvalue weighted by Gasteiger charge is -2.35. The number of pyridine rings is 1. The van der Waals surface area contributed by atoms with Gasteiger partial charge in [0, 0.05) is 49.3 Å². The third-order valence-corrected chi connectivity index (χ3v) is 13.0. The molecule has 1 unspecified atom stereocenters. The summed E-state index contributed by atoms with van der Waals surface area (Å²) in [6, 6.07) is 61.0. The zero-order valence-electron chi connectivity index (χ0n) is 31.2. The quantitative estimate of drug-likeness (QED) is 0.179. The highest BCUT2D eigenvalue weighted by molar-refractivity contribution is 7.25. The highest BCUT2D eigenvalue weighted by Crippen LogP contribution is 2.60. The van der Waals surface area contributed by atoms with E-state index in [-0.39, 0.29) is 0 Å². The van der Waals surface area contributed by atoms with Crippen LogP contribution in [0.25, 0.3) is 88.7 Å². The summed E-state index contributed by atoms with van der Waals surface area (Å²) in [5.41, 5.74) is 14.3. The van der Waals surface area contributed by atoms with Crippen LogP contribution in [0, 0.1) is 0 Å². The Hall–Kier alpha value is -7.34. The number of nitrogens with zero attached hydrogens (tertiary/aromatic N) is 4. The molecule has 7 aromatic carbocycles. The maximum Gasteiger partial charge on any atom is 0.164 e. The first-order chi connectivity index (χ1) is 28.7. The first-order valence-electron chi connectivity index (χ1n) is 19.5. The lowest BCUT2D eigenvalue weighted by atomic mass is 9.65. The molecule has 0 amide bonds. The van der Waals surface area contributed by atoms with Crippen LogP contribution in [0.4, 0.5) is 0 Å². The van der Waals surface area contributed by atoms with Crippen molar-refractivity contribution in [2.75, 3.05) is 0 Å². The molecular weight excluding hydrogens is 725 g/mol. The van der Waals surface area contributed by atoms with E-state index in [9.17, 15) is 0 Å². The van der Waals surface area contributed by atoms with E-state index in [1.807, 2.05) is 41.8 Å². The summed E-state index contributed by atoms with van der Waals surface area (Å²) in [6.45, 7) is 0. The fourth-order valence-electron chi connectivity index (χ4n) is 9.24. The third-order valence-electron chi connectivity index (χ3n) is 11.9. The van der Waals surface area contributed by atoms with Crippen molar-refractivity contribution in [3.8, 4) is 56.4 Å². The second-order valence-electron chi connectivity index (χ2n) is 15.0. The smallest absolute Gasteiger partial charge is 0.164 e. The number of fused-ring (bicyclic) bond motifs is 12. The number of benzene rings is 7. The SMILES string of the molecule is C1=Cc2ccc(-c3nc(-c4ccccc4)nc(-c4ccc(-c5cccnc5)cc4)n3)cc2C2(c3ccccc31)c1ccccc1-c1cc3c(cc12)sc1ccccc13. The highest BCUT2D eigenvalue weighted by atomic mass is 32.1. The van der Waals surface area contributed by atoms with Gasteiger partial charge in [0.25, 0.3) is 0 Å². The van der Waals surface area contributed by atoms with Crippen molar-refractivity contribution in [1.82, 2.24) is 19.9 Å². The summed E-state index contributed by atoms with van der Waals surface area (Å²) in [4.78, 5) is 19.8. The normalized spacial score (nSPS) is 14.9. The number of hydrogen-bond donors (Lipinski definition) is 0. The van der Waals surface area contributed by atoms with Crippen LogP contribution in [0.2, 0.25) is 0 Å². The van der Waals surface area contributed by atoms with Gasteiger partial charge in [-0.05, 0) is 86.0 Å². The lowest BCUT2D eigenvalue weighted by molar-refractivity contribution is 0.767. The van der Waals surface area contributed by atoms with Gasteiger partial charge >= 0.3 is 0 Å². The molecule has 3 heterocycles. The van der Waals surface area contributed by atoms with Crippen LogP contribution >= 0.6 is 11.3 Å². The number of thiophene rings is 1. The molecule has 12 rings (SSSR count). The molecule has 0 saturated heterocycles. The molecule has 5 heteroatoms. The minimum atomic E-state index is -0.595. The molecule has 0 fully saturated rings. The Balaban J connectivity index is 1.11. The lowest BCUT2D eigenvalue weighted by Crippen LogP contribution is -2.30. The molecule has 3 aromatic heterocycles. The molecule has 2 aliphatic rings. The Morgan fingerprint density at radius 1 is 0.379 bits per heavy atom. The predicted molar refractivity (Wildman–Crippen MR) is 238 cm³/mol. The standard InChI is InChI=1S/C53H32N4S/c1-2-12-36(13-3-1)50-55-51(37-25-20-33(21-26-37)39-14-10-28-54-32-39)57-52(56-50)38-27-24-35-23-22-34-11-4-7-17-44(34)53(46(35)29-38)45-18-8-5-15-40(45)42-30-43-41-16-6-9-19-48(41)58-49(43)31-47(42)53/h1-32H. The van der Waals surface area contributed by atoms with E-state index in [0.29, 0.717) is 17.5 Å². The van der Waals surface area contributed by atoms with E-state index in [4.69, 9.17) is 15.0 Å². The van der Waals surface area contributed by atoms with E-state index in [2.05, 4.69) is 163 Å². The average molecular weight is 757 g/mol. The summed E-state index contributed by atoms with van der Waals surface area (Å²) in [5.74, 6) is 1.89. The van der Waals surface area contributed by atoms with Gasteiger partial charge in [-0.3, -0.25) is 4.98 Å². The number of hydrogen-bond acceptors (Lipinski definition) is 5. The Kier molecular flexibility index (Phi) is 7.28. The molecule has 10 aromatic rings. The molecule has 2 aliphatic carbocycles. The molecule has 0 aliphatic heterocycles. The van der Waals surface area contributed by atoms with Gasteiger partial charge in [0.15, 0.2) is 17.5 Å². The van der Waals surface area contributed by atoms with E-state index in [0.717, 1.165) is 27.8 Å². The monoisotopic (exact) mass is 756 g/mol. The number of aromatic nitrogens is 4. The van der Waals surface area contributed by atoms with Gasteiger partial charge in [-0.1, -0.05) is 152 Å². The summed E-state index contributed by atoms with van der Waals surface area (Å²) < 4.78 is 2.60. The van der Waals surface area contributed by atoms with E-state index in [1.54, 1.807) is 6.20 Å². The second-order valence-corrected chi connectivity index (χ2v) is 16.1. The molecule has 58 heavy (non-hydrogen) atoms. The molecule has 270 valence electrons. The molecule has 1 atom stereocenters. The molecule has 4 nitrogen and oxygen atoms in total. The van der Waals surface area contributed by atoms with Crippen LogP contribution in [0.15, 0.2) is 182 Å². The molecule has 0 saturated carbocycles. The van der Waals surface area contributed by atoms with Crippen LogP contribution in [0.1, 0.15) is 33.4 Å². The maximum absolute atomic E-state index is 5.24. The van der Waals surface area contributed by atoms with Crippen molar-refractivity contribution >= 4 is 43.7 Å². The Labute approximate surface area is 339 Å². The topological polar surface area (TPSA) is 51.6 Å². The van der Waals surface area contributed by atoms with E-state index < -0.39 is 5.41 Å². The van der Waals surface area contributed by atoms with Crippen molar-refractivity contribution in [3.05, 3.63) is 216 Å². The largest absolute Gasteiger partial charge is 0.264 e. The van der Waals surface area contributed by atoms with Crippen LogP contribution in [-0.2, 0) is 5.41 Å². The Morgan fingerprint density at radius 2 is 1.02 bits per heavy atom. The zero-order chi connectivity index (χ0) is 38.2. The van der Waals surface area contributed by atoms with Crippen LogP contribution in [0.5, 0.6) is 0 Å². The van der Waals surface area contributed by atoms with Crippen molar-refractivity contribution < 1.29 is 0 Å². The average Bonchev–Trinajstić information content (AvgIpc) is 3.75. The molecular formula is C53H32N4S. The molecule has 0 bridgehead atoms. The van der Waals surface area contributed by atoms with Gasteiger partial charge in [0.2, 0.25) is 0 Å². The highest BCUT2D eigenvalue weighted by Gasteiger charge is 2.49. The van der Waals surface area contributed by atoms with Crippen LogP contribution < -0.4 is 0 Å². The zero-order valence-corrected chi connectivity index (χ0v) is 32.0. The van der Waals surface area contributed by atoms with Crippen molar-refractivity contribution in [1.29, 1.82) is 0 Å². The van der Waals surface area contributed by atoms with Crippen LogP contribution in [-0.4, -0.2) is 19.9 Å². The molecule has 1 spiro atoms. The molecule has 0 radical (unpaired) electrons.